The Morgan fingerprint density at radius 3 is 2.74 bits per heavy atom. The molecular weight excluding hydrogens is 292 g/mol. The number of rotatable bonds is 3. The van der Waals surface area contributed by atoms with Crippen molar-refractivity contribution >= 4 is 23.3 Å². The highest BCUT2D eigenvalue weighted by Crippen LogP contribution is 2.22. The lowest BCUT2D eigenvalue weighted by Gasteiger charge is -2.17. The van der Waals surface area contributed by atoms with Crippen LogP contribution in [0.1, 0.15) is 12.0 Å². The predicted octanol–water partition coefficient (Wildman–Crippen LogP) is 2.32. The topological polar surface area (TPSA) is 74.3 Å². The summed E-state index contributed by atoms with van der Waals surface area (Å²) in [5.74, 6) is -0.0878. The van der Waals surface area contributed by atoms with Crippen molar-refractivity contribution in [1.82, 2.24) is 10.3 Å². The Balaban J connectivity index is 1.61. The summed E-state index contributed by atoms with van der Waals surface area (Å²) in [5, 5.41) is 5.39. The van der Waals surface area contributed by atoms with Gasteiger partial charge in [0.15, 0.2) is 0 Å². The van der Waals surface area contributed by atoms with Crippen LogP contribution in [-0.2, 0) is 4.79 Å². The van der Waals surface area contributed by atoms with Crippen LogP contribution in [0.3, 0.4) is 0 Å². The number of hydrogen-bond donors (Lipinski definition) is 2. The van der Waals surface area contributed by atoms with E-state index in [-0.39, 0.29) is 5.91 Å². The number of amides is 3. The van der Waals surface area contributed by atoms with Gasteiger partial charge in [-0.2, -0.15) is 0 Å². The molecule has 1 aliphatic heterocycles. The summed E-state index contributed by atoms with van der Waals surface area (Å²) < 4.78 is 0. The van der Waals surface area contributed by atoms with Crippen LogP contribution in [0, 0.1) is 6.92 Å². The molecule has 1 aromatic carbocycles. The average Bonchev–Trinajstić information content (AvgIpc) is 2.90. The molecule has 1 saturated heterocycles. The highest BCUT2D eigenvalue weighted by atomic mass is 16.2. The first-order valence-corrected chi connectivity index (χ1v) is 7.49. The third-order valence-electron chi connectivity index (χ3n) is 3.78. The van der Waals surface area contributed by atoms with Crippen molar-refractivity contribution < 1.29 is 9.59 Å². The van der Waals surface area contributed by atoms with Crippen LogP contribution in [-0.4, -0.2) is 29.5 Å². The van der Waals surface area contributed by atoms with E-state index in [9.17, 15) is 9.59 Å². The summed E-state index contributed by atoms with van der Waals surface area (Å²) >= 11 is 0. The van der Waals surface area contributed by atoms with Gasteiger partial charge in [-0.25, -0.2) is 4.79 Å². The lowest BCUT2D eigenvalue weighted by atomic mass is 10.2. The monoisotopic (exact) mass is 310 g/mol. The first kappa shape index (κ1) is 15.0. The molecular formula is C17H18N4O2. The molecule has 0 radical (unpaired) electrons. The molecule has 6 heteroatoms. The van der Waals surface area contributed by atoms with Gasteiger partial charge in [0.1, 0.15) is 6.04 Å². The van der Waals surface area contributed by atoms with E-state index in [0.717, 1.165) is 11.3 Å². The minimum absolute atomic E-state index is 0.0878. The fraction of sp³-hybridized carbons (Fsp3) is 0.235. The number of hydrogen-bond acceptors (Lipinski definition) is 3. The average molecular weight is 310 g/mol. The summed E-state index contributed by atoms with van der Waals surface area (Å²) in [7, 11) is 0. The van der Waals surface area contributed by atoms with E-state index in [0.29, 0.717) is 18.7 Å². The van der Waals surface area contributed by atoms with E-state index in [1.54, 1.807) is 29.4 Å². The highest BCUT2D eigenvalue weighted by Gasteiger charge is 2.33. The van der Waals surface area contributed by atoms with Crippen molar-refractivity contribution in [3.05, 3.63) is 54.4 Å². The molecule has 0 spiro atoms. The quantitative estimate of drug-likeness (QED) is 0.913. The van der Waals surface area contributed by atoms with Crippen molar-refractivity contribution in [3.63, 3.8) is 0 Å². The second kappa shape index (κ2) is 6.48. The van der Waals surface area contributed by atoms with Gasteiger partial charge in [-0.05, 0) is 37.6 Å². The van der Waals surface area contributed by atoms with Crippen LogP contribution in [0.5, 0.6) is 0 Å². The van der Waals surface area contributed by atoms with Gasteiger partial charge in [0.05, 0.1) is 11.9 Å². The van der Waals surface area contributed by atoms with E-state index in [4.69, 9.17) is 0 Å². The van der Waals surface area contributed by atoms with Gasteiger partial charge in [-0.15, -0.1) is 0 Å². The van der Waals surface area contributed by atoms with Gasteiger partial charge < -0.3 is 15.5 Å². The Morgan fingerprint density at radius 1 is 1.26 bits per heavy atom. The number of anilines is 2. The molecule has 0 aliphatic carbocycles. The van der Waals surface area contributed by atoms with Gasteiger partial charge in [-0.3, -0.25) is 9.78 Å². The summed E-state index contributed by atoms with van der Waals surface area (Å²) in [6, 6.07) is 10.3. The first-order chi connectivity index (χ1) is 11.1. The molecule has 6 nitrogen and oxygen atoms in total. The van der Waals surface area contributed by atoms with E-state index < -0.39 is 12.1 Å². The van der Waals surface area contributed by atoms with Gasteiger partial charge in [0.2, 0.25) is 5.91 Å². The molecule has 118 valence electrons. The smallest absolute Gasteiger partial charge is 0.319 e. The Kier molecular flexibility index (Phi) is 4.23. The Morgan fingerprint density at radius 2 is 2.04 bits per heavy atom. The van der Waals surface area contributed by atoms with E-state index in [2.05, 4.69) is 15.6 Å². The number of aromatic nitrogens is 1. The zero-order valence-corrected chi connectivity index (χ0v) is 12.8. The SMILES string of the molecule is Cc1ccc(N2CC[C@H](NC(=O)Nc3cccnc3)C2=O)cc1. The standard InChI is InChI=1S/C17H18N4O2/c1-12-4-6-14(7-5-12)21-10-8-15(16(21)22)20-17(23)19-13-3-2-9-18-11-13/h2-7,9,11,15H,8,10H2,1H3,(H2,19,20,23)/t15-/m0/s1. The fourth-order valence-electron chi connectivity index (χ4n) is 2.56. The molecule has 3 amide bonds. The number of carbonyl (C=O) groups excluding carboxylic acids is 2. The second-order valence-electron chi connectivity index (χ2n) is 5.51. The van der Waals surface area contributed by atoms with E-state index in [1.165, 1.54) is 0 Å². The van der Waals surface area contributed by atoms with Crippen LogP contribution >= 0.6 is 0 Å². The molecule has 3 rings (SSSR count). The Hall–Kier alpha value is -2.89. The molecule has 2 heterocycles. The number of pyridine rings is 1. The maximum Gasteiger partial charge on any atom is 0.319 e. The zero-order valence-electron chi connectivity index (χ0n) is 12.8. The molecule has 1 aliphatic rings. The number of urea groups is 1. The normalized spacial score (nSPS) is 17.2. The summed E-state index contributed by atoms with van der Waals surface area (Å²) in [4.78, 5) is 30.1. The third kappa shape index (κ3) is 3.48. The summed E-state index contributed by atoms with van der Waals surface area (Å²) in [5.41, 5.74) is 2.59. The number of carbonyl (C=O) groups is 2. The van der Waals surface area contributed by atoms with Crippen molar-refractivity contribution in [2.75, 3.05) is 16.8 Å². The van der Waals surface area contributed by atoms with Crippen LogP contribution in [0.4, 0.5) is 16.2 Å². The number of aryl methyl sites for hydroxylation is 1. The van der Waals surface area contributed by atoms with E-state index >= 15 is 0 Å². The van der Waals surface area contributed by atoms with Crippen LogP contribution in [0.2, 0.25) is 0 Å². The molecule has 1 aromatic heterocycles. The third-order valence-corrected chi connectivity index (χ3v) is 3.78. The lowest BCUT2D eigenvalue weighted by Crippen LogP contribution is -2.43. The van der Waals surface area contributed by atoms with Crippen molar-refractivity contribution in [1.29, 1.82) is 0 Å². The first-order valence-electron chi connectivity index (χ1n) is 7.49. The predicted molar refractivity (Wildman–Crippen MR) is 88.3 cm³/mol. The minimum atomic E-state index is -0.507. The summed E-state index contributed by atoms with van der Waals surface area (Å²) in [6.07, 6.45) is 3.77. The molecule has 23 heavy (non-hydrogen) atoms. The van der Waals surface area contributed by atoms with Crippen LogP contribution < -0.4 is 15.5 Å². The lowest BCUT2D eigenvalue weighted by molar-refractivity contribution is -0.118. The van der Waals surface area contributed by atoms with Gasteiger partial charge in [0, 0.05) is 18.4 Å². The maximum absolute atomic E-state index is 12.4. The number of benzene rings is 1. The molecule has 1 atom stereocenters. The van der Waals surface area contributed by atoms with Gasteiger partial charge in [-0.1, -0.05) is 17.7 Å². The second-order valence-corrected chi connectivity index (χ2v) is 5.51. The Bertz CT molecular complexity index is 700. The number of nitrogens with zero attached hydrogens (tertiary/aromatic N) is 2. The molecule has 2 N–H and O–H groups in total. The largest absolute Gasteiger partial charge is 0.326 e. The number of nitrogens with one attached hydrogen (secondary N) is 2. The van der Waals surface area contributed by atoms with Gasteiger partial charge >= 0.3 is 6.03 Å². The molecule has 0 saturated carbocycles. The fourth-order valence-corrected chi connectivity index (χ4v) is 2.56. The maximum atomic E-state index is 12.4. The van der Waals surface area contributed by atoms with Crippen molar-refractivity contribution in [3.8, 4) is 0 Å². The molecule has 0 unspecified atom stereocenters. The molecule has 1 fully saturated rings. The van der Waals surface area contributed by atoms with Crippen molar-refractivity contribution in [2.45, 2.75) is 19.4 Å². The van der Waals surface area contributed by atoms with E-state index in [1.807, 2.05) is 31.2 Å². The van der Waals surface area contributed by atoms with Gasteiger partial charge in [0.25, 0.3) is 0 Å². The zero-order chi connectivity index (χ0) is 16.2. The van der Waals surface area contributed by atoms with Crippen LogP contribution in [0.25, 0.3) is 0 Å². The summed E-state index contributed by atoms with van der Waals surface area (Å²) in [6.45, 7) is 2.60. The molecule has 2 aromatic rings. The Labute approximate surface area is 134 Å². The minimum Gasteiger partial charge on any atom is -0.326 e. The molecule has 0 bridgehead atoms. The highest BCUT2D eigenvalue weighted by molar-refractivity contribution is 6.02. The van der Waals surface area contributed by atoms with Crippen molar-refractivity contribution in [2.24, 2.45) is 0 Å². The van der Waals surface area contributed by atoms with Crippen LogP contribution in [0.15, 0.2) is 48.8 Å².